The van der Waals surface area contributed by atoms with E-state index in [1.165, 1.54) is 52.7 Å². The fourth-order valence-corrected chi connectivity index (χ4v) is 5.02. The molecule has 14 nitrogen and oxygen atoms in total. The lowest BCUT2D eigenvalue weighted by atomic mass is 9.82. The number of primary amides is 2. The van der Waals surface area contributed by atoms with Gasteiger partial charge in [0.05, 0.1) is 11.8 Å². The summed E-state index contributed by atoms with van der Waals surface area (Å²) in [5.74, 6) is -1.35. The van der Waals surface area contributed by atoms with Crippen molar-refractivity contribution in [1.82, 2.24) is 39.5 Å². The third-order valence-electron chi connectivity index (χ3n) is 7.07. The summed E-state index contributed by atoms with van der Waals surface area (Å²) in [4.78, 5) is 37.9. The minimum absolute atomic E-state index is 0. The van der Waals surface area contributed by atoms with E-state index in [2.05, 4.69) is 58.2 Å². The Morgan fingerprint density at radius 1 is 0.691 bits per heavy atom. The number of hydrogen-bond donors (Lipinski definition) is 4. The highest BCUT2D eigenvalue weighted by molar-refractivity contribution is 9.12. The van der Waals surface area contributed by atoms with Crippen LogP contribution in [0, 0.1) is 39.6 Å². The Morgan fingerprint density at radius 3 is 1.53 bits per heavy atom. The maximum atomic E-state index is 13.0. The molecule has 6 rings (SSSR count). The van der Waals surface area contributed by atoms with Gasteiger partial charge in [0.1, 0.15) is 17.1 Å². The maximum absolute atomic E-state index is 13.0. The smallest absolute Gasteiger partial charge is 0.423 e. The number of aromatic nitrogens is 8. The highest BCUT2D eigenvalue weighted by atomic mass is 79.9. The molecule has 0 aliphatic carbocycles. The Bertz CT molecular complexity index is 2270. The molecule has 2 amide bonds. The van der Waals surface area contributed by atoms with Crippen molar-refractivity contribution in [2.45, 2.75) is 35.1 Å². The van der Waals surface area contributed by atoms with Crippen LogP contribution in [-0.2, 0) is 9.59 Å². The SMILES string of the molecule is C.Cc1cc(C)cc(-c2ncn(/C=C(/C(N)=O)c3ccc(F)nc3)n2)c1.Cc1cc(C)cc(-c2ncn(/C=C(\Br)C(N)=O)n2)c1.OB(O)c1ccc(F)nc1. The van der Waals surface area contributed by atoms with Gasteiger partial charge in [-0.05, 0) is 86.1 Å². The summed E-state index contributed by atoms with van der Waals surface area (Å²) in [5.41, 5.74) is 17.6. The second kappa shape index (κ2) is 19.7. The number of nitrogens with two attached hydrogens (primary N) is 2. The molecule has 4 aromatic heterocycles. The molecule has 55 heavy (non-hydrogen) atoms. The Labute approximate surface area is 324 Å². The third kappa shape index (κ3) is 13.0. The number of hydrogen-bond acceptors (Lipinski definition) is 10. The molecule has 0 radical (unpaired) electrons. The molecular weight excluding hydrogens is 777 g/mol. The summed E-state index contributed by atoms with van der Waals surface area (Å²) in [6.07, 6.45) is 8.23. The van der Waals surface area contributed by atoms with Gasteiger partial charge in [-0.1, -0.05) is 47.9 Å². The van der Waals surface area contributed by atoms with Gasteiger partial charge >= 0.3 is 7.12 Å². The zero-order chi connectivity index (χ0) is 39.5. The predicted octanol–water partition coefficient (Wildman–Crippen LogP) is 4.36. The second-order valence-electron chi connectivity index (χ2n) is 11.8. The van der Waals surface area contributed by atoms with Crippen molar-refractivity contribution in [2.75, 3.05) is 0 Å². The standard InChI is InChI=1S/C18H16FN5O.C13H13BrN4O.C5H5BFNO2.CH4/c1-11-5-12(2)7-14(6-11)18-22-10-24(23-18)9-15(17(20)25)13-3-4-16(19)21-8-13;1-8-3-9(2)5-10(4-8)13-16-7-18(17-13)6-11(14)12(15)19;7-5-2-1-4(3-8-5)6(9)10;/h3-10H,1-2H3,(H2,20,25);3-7H,1-2H3,(H2,15,19);1-3,9-10H;1H4/b15-9+;11-6-;;. The van der Waals surface area contributed by atoms with Crippen LogP contribution in [0.1, 0.15) is 35.2 Å². The lowest BCUT2D eigenvalue weighted by Gasteiger charge is -2.03. The van der Waals surface area contributed by atoms with E-state index < -0.39 is 30.8 Å². The van der Waals surface area contributed by atoms with E-state index in [1.54, 1.807) is 0 Å². The number of pyridine rings is 2. The van der Waals surface area contributed by atoms with Crippen LogP contribution in [0.3, 0.4) is 0 Å². The molecule has 0 saturated carbocycles. The van der Waals surface area contributed by atoms with Crippen LogP contribution >= 0.6 is 15.9 Å². The number of amides is 2. The lowest BCUT2D eigenvalue weighted by Crippen LogP contribution is -2.30. The zero-order valence-corrected chi connectivity index (χ0v) is 31.0. The number of halogens is 3. The van der Waals surface area contributed by atoms with Crippen molar-refractivity contribution in [2.24, 2.45) is 11.5 Å². The number of rotatable bonds is 8. The molecule has 0 aliphatic rings. The summed E-state index contributed by atoms with van der Waals surface area (Å²) in [5, 5.41) is 25.6. The summed E-state index contributed by atoms with van der Waals surface area (Å²) in [6, 6.07) is 17.1. The van der Waals surface area contributed by atoms with Gasteiger partial charge in [0.15, 0.2) is 11.6 Å². The highest BCUT2D eigenvalue weighted by Crippen LogP contribution is 2.21. The molecule has 6 N–H and O–H groups in total. The van der Waals surface area contributed by atoms with Crippen molar-refractivity contribution >= 4 is 58.3 Å². The minimum Gasteiger partial charge on any atom is -0.423 e. The van der Waals surface area contributed by atoms with Gasteiger partial charge in [0, 0.05) is 40.7 Å². The summed E-state index contributed by atoms with van der Waals surface area (Å²) in [6.45, 7) is 8.05. The highest BCUT2D eigenvalue weighted by Gasteiger charge is 2.12. The quantitative estimate of drug-likeness (QED) is 0.0968. The fraction of sp³-hybridized carbons (Fsp3) is 0.135. The van der Waals surface area contributed by atoms with Crippen LogP contribution in [0.15, 0.2) is 90.2 Å². The van der Waals surface area contributed by atoms with Crippen molar-refractivity contribution < 1.29 is 28.4 Å². The lowest BCUT2D eigenvalue weighted by molar-refractivity contribution is -0.114. The van der Waals surface area contributed by atoms with Crippen LogP contribution in [-0.4, -0.2) is 68.5 Å². The molecule has 0 fully saturated rings. The van der Waals surface area contributed by atoms with Gasteiger partial charge in [0.25, 0.3) is 11.8 Å². The molecule has 0 aliphatic heterocycles. The first-order valence-electron chi connectivity index (χ1n) is 15.9. The molecule has 0 unspecified atom stereocenters. The van der Waals surface area contributed by atoms with Gasteiger partial charge < -0.3 is 21.5 Å². The molecule has 0 atom stereocenters. The first-order valence-corrected chi connectivity index (χ1v) is 16.6. The molecule has 0 bridgehead atoms. The van der Waals surface area contributed by atoms with Gasteiger partial charge in [-0.2, -0.15) is 8.78 Å². The van der Waals surface area contributed by atoms with Crippen LogP contribution < -0.4 is 16.9 Å². The second-order valence-corrected chi connectivity index (χ2v) is 12.6. The van der Waals surface area contributed by atoms with Crippen LogP contribution in [0.5, 0.6) is 0 Å². The van der Waals surface area contributed by atoms with Crippen LogP contribution in [0.4, 0.5) is 8.78 Å². The molecule has 0 saturated heterocycles. The van der Waals surface area contributed by atoms with E-state index in [9.17, 15) is 18.4 Å². The first-order chi connectivity index (χ1) is 25.6. The molecule has 0 spiro atoms. The topological polar surface area (TPSA) is 214 Å². The van der Waals surface area contributed by atoms with Crippen LogP contribution in [0.2, 0.25) is 0 Å². The fourth-order valence-electron chi connectivity index (χ4n) is 4.81. The van der Waals surface area contributed by atoms with Crippen molar-refractivity contribution in [3.8, 4) is 22.8 Å². The number of carbonyl (C=O) groups excluding carboxylic acids is 2. The average Bonchev–Trinajstić information content (AvgIpc) is 3.78. The van der Waals surface area contributed by atoms with Crippen LogP contribution in [0.25, 0.3) is 40.7 Å². The Hall–Kier alpha value is -6.24. The molecule has 4 heterocycles. The Kier molecular flexibility index (Phi) is 15.5. The van der Waals surface area contributed by atoms with E-state index >= 15 is 0 Å². The van der Waals surface area contributed by atoms with Gasteiger partial charge in [0.2, 0.25) is 11.9 Å². The Balaban J connectivity index is 0.000000239. The van der Waals surface area contributed by atoms with E-state index in [1.807, 2.05) is 52.0 Å². The molecular formula is C37H38BBrF2N10O4. The van der Waals surface area contributed by atoms with E-state index in [4.69, 9.17) is 21.5 Å². The molecule has 18 heteroatoms. The van der Waals surface area contributed by atoms with E-state index in [0.717, 1.165) is 51.7 Å². The number of carbonyl (C=O) groups is 2. The van der Waals surface area contributed by atoms with Gasteiger partial charge in [-0.25, -0.2) is 29.3 Å². The Morgan fingerprint density at radius 2 is 1.15 bits per heavy atom. The normalized spacial score (nSPS) is 11.0. The monoisotopic (exact) mass is 814 g/mol. The number of aryl methyl sites for hydroxylation is 4. The molecule has 6 aromatic rings. The zero-order valence-electron chi connectivity index (χ0n) is 29.4. The van der Waals surface area contributed by atoms with Crippen molar-refractivity contribution in [3.05, 3.63) is 130 Å². The maximum Gasteiger partial charge on any atom is 0.490 e. The number of nitrogens with zero attached hydrogens (tertiary/aromatic N) is 8. The van der Waals surface area contributed by atoms with Gasteiger partial charge in [-0.15, -0.1) is 10.2 Å². The minimum atomic E-state index is -1.58. The third-order valence-corrected chi connectivity index (χ3v) is 7.67. The summed E-state index contributed by atoms with van der Waals surface area (Å²) in [7, 11) is -1.58. The first kappa shape index (κ1) is 43.2. The summed E-state index contributed by atoms with van der Waals surface area (Å²) < 4.78 is 28.1. The summed E-state index contributed by atoms with van der Waals surface area (Å²) >= 11 is 3.07. The van der Waals surface area contributed by atoms with E-state index in [0.29, 0.717) is 17.2 Å². The molecule has 284 valence electrons. The average molecular weight is 815 g/mol. The van der Waals surface area contributed by atoms with Crippen molar-refractivity contribution in [3.63, 3.8) is 0 Å². The van der Waals surface area contributed by atoms with Crippen molar-refractivity contribution in [1.29, 1.82) is 0 Å². The van der Waals surface area contributed by atoms with Gasteiger partial charge in [-0.3, -0.25) is 9.59 Å². The largest absolute Gasteiger partial charge is 0.490 e. The molecule has 2 aromatic carbocycles. The van der Waals surface area contributed by atoms with E-state index in [-0.39, 0.29) is 22.9 Å². The predicted molar refractivity (Wildman–Crippen MR) is 211 cm³/mol. The number of benzene rings is 2.